The summed E-state index contributed by atoms with van der Waals surface area (Å²) in [6, 6.07) is 29.5. The molecule has 0 unspecified atom stereocenters. The third-order valence-corrected chi connectivity index (χ3v) is 6.69. The van der Waals surface area contributed by atoms with Crippen LogP contribution in [0.4, 0.5) is 0 Å². The van der Waals surface area contributed by atoms with Gasteiger partial charge in [0.15, 0.2) is 0 Å². The summed E-state index contributed by atoms with van der Waals surface area (Å²) in [4.78, 5) is 0. The van der Waals surface area contributed by atoms with Crippen molar-refractivity contribution in [3.05, 3.63) is 90.5 Å². The van der Waals surface area contributed by atoms with Crippen molar-refractivity contribution in [1.29, 1.82) is 0 Å². The summed E-state index contributed by atoms with van der Waals surface area (Å²) < 4.78 is 15.0. The number of rotatable bonds is 1. The fourth-order valence-electron chi connectivity index (χ4n) is 5.16. The molecule has 0 aliphatic rings. The highest BCUT2D eigenvalue weighted by Crippen LogP contribution is 2.42. The number of aryl methyl sites for hydroxylation is 2. The summed E-state index contributed by atoms with van der Waals surface area (Å²) in [5.41, 5.74) is 8.25. The number of furan rings is 2. The lowest BCUT2D eigenvalue weighted by molar-refractivity contribution is -0.633. The minimum Gasteiger partial charge on any atom is -0.456 e. The molecule has 3 nitrogen and oxygen atoms in total. The van der Waals surface area contributed by atoms with Crippen LogP contribution in [0.3, 0.4) is 0 Å². The highest BCUT2D eigenvalue weighted by Gasteiger charge is 2.23. The molecular formula is C29H20NO2+. The minimum absolute atomic E-state index is 0.884. The largest absolute Gasteiger partial charge is 0.456 e. The van der Waals surface area contributed by atoms with E-state index in [1.165, 1.54) is 16.5 Å². The first-order chi connectivity index (χ1) is 15.7. The lowest BCUT2D eigenvalue weighted by atomic mass is 9.98. The van der Waals surface area contributed by atoms with Crippen LogP contribution in [0.1, 0.15) is 5.56 Å². The van der Waals surface area contributed by atoms with Gasteiger partial charge >= 0.3 is 0 Å². The number of fused-ring (bicyclic) bond motifs is 8. The van der Waals surface area contributed by atoms with E-state index in [9.17, 15) is 0 Å². The number of benzene rings is 4. The molecule has 3 heteroatoms. The van der Waals surface area contributed by atoms with Crippen molar-refractivity contribution in [3.63, 3.8) is 0 Å². The van der Waals surface area contributed by atoms with Crippen LogP contribution in [-0.2, 0) is 7.05 Å². The standard InChI is InChI=1S/C29H20NO2/c1-17-11-13-20-28-25(16-15-24-27(28)19-8-4-6-10-23(19)31-24)32-29(20)26(17)22-14-12-18-7-3-5-9-21(18)30(22)2/h3-16H,1-2H3/q+1. The Morgan fingerprint density at radius 1 is 0.625 bits per heavy atom. The third-order valence-electron chi connectivity index (χ3n) is 6.69. The molecule has 152 valence electrons. The van der Waals surface area contributed by atoms with Gasteiger partial charge in [0, 0.05) is 39.1 Å². The average Bonchev–Trinajstić information content (AvgIpc) is 3.38. The third kappa shape index (κ3) is 2.23. The summed E-state index contributed by atoms with van der Waals surface area (Å²) in [6.07, 6.45) is 0. The quantitative estimate of drug-likeness (QED) is 0.261. The van der Waals surface area contributed by atoms with Crippen LogP contribution in [0.5, 0.6) is 0 Å². The van der Waals surface area contributed by atoms with Crippen LogP contribution in [0.15, 0.2) is 93.8 Å². The highest BCUT2D eigenvalue weighted by atomic mass is 16.3. The van der Waals surface area contributed by atoms with Gasteiger partial charge in [-0.1, -0.05) is 42.5 Å². The number of pyridine rings is 1. The smallest absolute Gasteiger partial charge is 0.216 e. The van der Waals surface area contributed by atoms with Gasteiger partial charge in [0.2, 0.25) is 11.2 Å². The number of nitrogens with zero attached hydrogens (tertiary/aromatic N) is 1. The highest BCUT2D eigenvalue weighted by molar-refractivity contribution is 6.26. The lowest BCUT2D eigenvalue weighted by Gasteiger charge is -2.07. The molecule has 7 rings (SSSR count). The second-order valence-electron chi connectivity index (χ2n) is 8.48. The van der Waals surface area contributed by atoms with Crippen LogP contribution >= 0.6 is 0 Å². The number of aromatic nitrogens is 1. The van der Waals surface area contributed by atoms with Crippen molar-refractivity contribution in [3.8, 4) is 11.3 Å². The van der Waals surface area contributed by atoms with E-state index in [2.05, 4.69) is 79.2 Å². The summed E-state index contributed by atoms with van der Waals surface area (Å²) in [5.74, 6) is 0. The molecular weight excluding hydrogens is 394 g/mol. The molecule has 0 saturated heterocycles. The Kier molecular flexibility index (Phi) is 3.41. The van der Waals surface area contributed by atoms with E-state index < -0.39 is 0 Å². The van der Waals surface area contributed by atoms with Gasteiger partial charge in [-0.25, -0.2) is 0 Å². The van der Waals surface area contributed by atoms with E-state index in [-0.39, 0.29) is 0 Å². The Hall–Kier alpha value is -4.11. The van der Waals surface area contributed by atoms with Crippen LogP contribution in [0.25, 0.3) is 66.0 Å². The number of hydrogen-bond acceptors (Lipinski definition) is 2. The predicted molar refractivity (Wildman–Crippen MR) is 130 cm³/mol. The van der Waals surface area contributed by atoms with Crippen LogP contribution in [-0.4, -0.2) is 0 Å². The van der Waals surface area contributed by atoms with Crippen molar-refractivity contribution in [2.45, 2.75) is 6.92 Å². The molecule has 0 saturated carbocycles. The van der Waals surface area contributed by atoms with Gasteiger partial charge in [0.05, 0.1) is 5.56 Å². The van der Waals surface area contributed by atoms with E-state index in [1.54, 1.807) is 0 Å². The SMILES string of the molecule is Cc1ccc2c(oc3ccc4oc5ccccc5c4c32)c1-c1ccc2ccccc2[n+]1C. The van der Waals surface area contributed by atoms with E-state index in [0.29, 0.717) is 0 Å². The maximum absolute atomic E-state index is 6.56. The van der Waals surface area contributed by atoms with Gasteiger partial charge < -0.3 is 8.83 Å². The summed E-state index contributed by atoms with van der Waals surface area (Å²) in [6.45, 7) is 2.15. The van der Waals surface area contributed by atoms with Crippen molar-refractivity contribution < 1.29 is 13.4 Å². The number of hydrogen-bond donors (Lipinski definition) is 0. The number of para-hydroxylation sites is 2. The Morgan fingerprint density at radius 2 is 1.38 bits per heavy atom. The topological polar surface area (TPSA) is 30.2 Å². The molecule has 0 radical (unpaired) electrons. The molecule has 3 heterocycles. The molecule has 3 aromatic heterocycles. The van der Waals surface area contributed by atoms with Crippen molar-refractivity contribution in [2.24, 2.45) is 7.05 Å². The van der Waals surface area contributed by atoms with Crippen LogP contribution in [0, 0.1) is 6.92 Å². The van der Waals surface area contributed by atoms with Crippen molar-refractivity contribution in [2.75, 3.05) is 0 Å². The fraction of sp³-hybridized carbons (Fsp3) is 0.0690. The summed E-state index contributed by atoms with van der Waals surface area (Å²) in [7, 11) is 2.13. The average molecular weight is 414 g/mol. The predicted octanol–water partition coefficient (Wildman–Crippen LogP) is 7.44. The van der Waals surface area contributed by atoms with Crippen LogP contribution < -0.4 is 4.57 Å². The monoisotopic (exact) mass is 414 g/mol. The first kappa shape index (κ1) is 17.6. The molecule has 0 atom stereocenters. The van der Waals surface area contributed by atoms with Gasteiger partial charge in [-0.3, -0.25) is 0 Å². The van der Waals surface area contributed by atoms with E-state index in [4.69, 9.17) is 8.83 Å². The molecule has 0 N–H and O–H groups in total. The molecule has 4 aromatic carbocycles. The van der Waals surface area contributed by atoms with Crippen molar-refractivity contribution in [1.82, 2.24) is 0 Å². The molecule has 0 spiro atoms. The Labute approximate surface area is 184 Å². The van der Waals surface area contributed by atoms with Gasteiger partial charge in [-0.05, 0) is 42.8 Å². The van der Waals surface area contributed by atoms with E-state index in [1.807, 2.05) is 24.3 Å². The first-order valence-electron chi connectivity index (χ1n) is 10.8. The van der Waals surface area contributed by atoms with Gasteiger partial charge in [0.25, 0.3) is 0 Å². The maximum atomic E-state index is 6.56. The van der Waals surface area contributed by atoms with Gasteiger partial charge in [-0.15, -0.1) is 0 Å². The van der Waals surface area contributed by atoms with E-state index in [0.717, 1.165) is 55.1 Å². The second-order valence-corrected chi connectivity index (χ2v) is 8.48. The van der Waals surface area contributed by atoms with Gasteiger partial charge in [0.1, 0.15) is 29.4 Å². The second kappa shape index (κ2) is 6.21. The van der Waals surface area contributed by atoms with Gasteiger partial charge in [-0.2, -0.15) is 4.57 Å². The Morgan fingerprint density at radius 3 is 2.28 bits per heavy atom. The summed E-state index contributed by atoms with van der Waals surface area (Å²) in [5, 5.41) is 5.70. The Bertz CT molecular complexity index is 1850. The zero-order valence-corrected chi connectivity index (χ0v) is 17.8. The molecule has 0 amide bonds. The minimum atomic E-state index is 0.884. The zero-order chi connectivity index (χ0) is 21.4. The molecule has 0 bridgehead atoms. The molecule has 0 fully saturated rings. The normalized spacial score (nSPS) is 12.1. The zero-order valence-electron chi connectivity index (χ0n) is 17.8. The lowest BCUT2D eigenvalue weighted by Crippen LogP contribution is -2.32. The fourth-order valence-corrected chi connectivity index (χ4v) is 5.16. The molecule has 0 aliphatic carbocycles. The van der Waals surface area contributed by atoms with Crippen molar-refractivity contribution >= 4 is 54.8 Å². The Balaban J connectivity index is 1.65. The van der Waals surface area contributed by atoms with E-state index >= 15 is 0 Å². The summed E-state index contributed by atoms with van der Waals surface area (Å²) >= 11 is 0. The first-order valence-corrected chi connectivity index (χ1v) is 10.8. The molecule has 7 aromatic rings. The van der Waals surface area contributed by atoms with Crippen LogP contribution in [0.2, 0.25) is 0 Å². The molecule has 32 heavy (non-hydrogen) atoms. The molecule has 0 aliphatic heterocycles. The maximum Gasteiger partial charge on any atom is 0.216 e.